The van der Waals surface area contributed by atoms with Gasteiger partial charge in [0, 0.05) is 36.5 Å². The van der Waals surface area contributed by atoms with Crippen LogP contribution in [0.2, 0.25) is 0 Å². The van der Waals surface area contributed by atoms with E-state index >= 15 is 0 Å². The van der Waals surface area contributed by atoms with Crippen LogP contribution in [0.3, 0.4) is 0 Å². The van der Waals surface area contributed by atoms with Crippen LogP contribution < -0.4 is 5.32 Å². The Morgan fingerprint density at radius 2 is 1.79 bits per heavy atom. The molecule has 1 aromatic heterocycles. The number of methoxy groups -OCH3 is 1. The summed E-state index contributed by atoms with van der Waals surface area (Å²) < 4.78 is 32.5. The number of aromatic nitrogens is 1. The summed E-state index contributed by atoms with van der Waals surface area (Å²) in [6, 6.07) is 6.01. The molecule has 34 heavy (non-hydrogen) atoms. The lowest BCUT2D eigenvalue weighted by Gasteiger charge is -2.24. The van der Waals surface area contributed by atoms with Crippen molar-refractivity contribution in [2.24, 2.45) is 0 Å². The second-order valence-corrected chi connectivity index (χ2v) is 11.1. The van der Waals surface area contributed by atoms with E-state index in [4.69, 9.17) is 4.74 Å². The minimum Gasteiger partial charge on any atom is -0.453 e. The normalized spacial score (nSPS) is 13.6. The SMILES string of the molecule is CCCCN(CCCC)S(=O)(=O)c1ccc(C(=O)Nc2nc3c(s2)CN(C(=O)OC)CC3)cc1. The Bertz CT molecular complexity index is 1090. The standard InChI is InChI=1S/C23H32N4O5S2/c1-4-6-13-27(14-7-5-2)34(30,31)18-10-8-17(9-11-18)21(28)25-22-24-19-12-15-26(23(29)32-3)16-20(19)33-22/h8-11H,4-7,12-16H2,1-3H3,(H,24,25,28). The Labute approximate surface area is 205 Å². The maximum atomic E-state index is 13.1. The first kappa shape index (κ1) is 26.1. The summed E-state index contributed by atoms with van der Waals surface area (Å²) >= 11 is 1.32. The molecule has 0 unspecified atom stereocenters. The van der Waals surface area contributed by atoms with E-state index in [1.807, 2.05) is 13.8 Å². The topological polar surface area (TPSA) is 109 Å². The van der Waals surface area contributed by atoms with E-state index in [0.717, 1.165) is 36.3 Å². The van der Waals surface area contributed by atoms with Crippen molar-refractivity contribution in [3.8, 4) is 0 Å². The summed E-state index contributed by atoms with van der Waals surface area (Å²) in [4.78, 5) is 31.7. The number of sulfonamides is 1. The molecule has 2 heterocycles. The highest BCUT2D eigenvalue weighted by molar-refractivity contribution is 7.89. The summed E-state index contributed by atoms with van der Waals surface area (Å²) in [6.07, 6.45) is 3.64. The van der Waals surface area contributed by atoms with Gasteiger partial charge in [0.1, 0.15) is 0 Å². The van der Waals surface area contributed by atoms with Gasteiger partial charge in [-0.25, -0.2) is 18.2 Å². The molecule has 0 spiro atoms. The van der Waals surface area contributed by atoms with E-state index in [0.29, 0.717) is 43.3 Å². The van der Waals surface area contributed by atoms with Crippen LogP contribution in [-0.2, 0) is 27.7 Å². The number of carbonyl (C=O) groups excluding carboxylic acids is 2. The number of nitrogens with zero attached hydrogens (tertiary/aromatic N) is 3. The van der Waals surface area contributed by atoms with Crippen molar-refractivity contribution in [1.29, 1.82) is 0 Å². The highest BCUT2D eigenvalue weighted by Gasteiger charge is 2.26. The molecule has 0 aliphatic carbocycles. The number of hydrogen-bond acceptors (Lipinski definition) is 7. The van der Waals surface area contributed by atoms with Gasteiger partial charge >= 0.3 is 6.09 Å². The number of carbonyl (C=O) groups is 2. The number of fused-ring (bicyclic) bond motifs is 1. The first-order valence-electron chi connectivity index (χ1n) is 11.5. The van der Waals surface area contributed by atoms with Gasteiger partial charge in [0.05, 0.1) is 24.2 Å². The van der Waals surface area contributed by atoms with Gasteiger partial charge in [-0.15, -0.1) is 0 Å². The maximum Gasteiger partial charge on any atom is 0.409 e. The summed E-state index contributed by atoms with van der Waals surface area (Å²) in [5.41, 5.74) is 1.21. The van der Waals surface area contributed by atoms with Crippen LogP contribution in [0.15, 0.2) is 29.2 Å². The molecular weight excluding hydrogens is 476 g/mol. The van der Waals surface area contributed by atoms with E-state index in [-0.39, 0.29) is 16.9 Å². The number of amides is 2. The zero-order chi connectivity index (χ0) is 24.7. The van der Waals surface area contributed by atoms with Gasteiger partial charge < -0.3 is 9.64 Å². The Balaban J connectivity index is 1.68. The number of nitrogens with one attached hydrogen (secondary N) is 1. The van der Waals surface area contributed by atoms with Crippen LogP contribution in [0.1, 0.15) is 60.5 Å². The number of anilines is 1. The third kappa shape index (κ3) is 6.13. The average molecular weight is 509 g/mol. The molecule has 0 saturated heterocycles. The quantitative estimate of drug-likeness (QED) is 0.517. The molecule has 0 fully saturated rings. The van der Waals surface area contributed by atoms with E-state index in [9.17, 15) is 18.0 Å². The minimum absolute atomic E-state index is 0.184. The maximum absolute atomic E-state index is 13.1. The highest BCUT2D eigenvalue weighted by Crippen LogP contribution is 2.29. The lowest BCUT2D eigenvalue weighted by molar-refractivity contribution is 0.102. The molecule has 1 aliphatic rings. The zero-order valence-corrected chi connectivity index (χ0v) is 21.5. The fraction of sp³-hybridized carbons (Fsp3) is 0.522. The van der Waals surface area contributed by atoms with E-state index in [1.54, 1.807) is 4.90 Å². The summed E-state index contributed by atoms with van der Waals surface area (Å²) in [6.45, 7) is 5.96. The first-order valence-corrected chi connectivity index (χ1v) is 13.8. The second kappa shape index (κ2) is 11.8. The molecule has 11 heteroatoms. The van der Waals surface area contributed by atoms with Crippen LogP contribution in [0, 0.1) is 0 Å². The molecule has 2 aromatic rings. The molecule has 0 radical (unpaired) electrons. The van der Waals surface area contributed by atoms with Gasteiger partial charge in [-0.3, -0.25) is 10.1 Å². The number of hydrogen-bond donors (Lipinski definition) is 1. The van der Waals surface area contributed by atoms with Crippen LogP contribution in [0.4, 0.5) is 9.93 Å². The molecule has 186 valence electrons. The number of unbranched alkanes of at least 4 members (excludes halogenated alkanes) is 2. The smallest absolute Gasteiger partial charge is 0.409 e. The largest absolute Gasteiger partial charge is 0.453 e. The summed E-state index contributed by atoms with van der Waals surface area (Å²) in [7, 11) is -2.27. The minimum atomic E-state index is -3.61. The Hall–Kier alpha value is -2.50. The fourth-order valence-corrected chi connectivity index (χ4v) is 6.19. The molecular formula is C23H32N4O5S2. The zero-order valence-electron chi connectivity index (χ0n) is 19.9. The molecule has 0 atom stereocenters. The number of rotatable bonds is 10. The van der Waals surface area contributed by atoms with Crippen LogP contribution in [0.25, 0.3) is 0 Å². The molecule has 1 aliphatic heterocycles. The van der Waals surface area contributed by atoms with Gasteiger partial charge in [0.2, 0.25) is 10.0 Å². The van der Waals surface area contributed by atoms with Crippen molar-refractivity contribution < 1.29 is 22.7 Å². The Morgan fingerprint density at radius 1 is 1.15 bits per heavy atom. The fourth-order valence-electron chi connectivity index (χ4n) is 3.65. The first-order chi connectivity index (χ1) is 16.3. The van der Waals surface area contributed by atoms with E-state index in [1.165, 1.54) is 47.0 Å². The average Bonchev–Trinajstić information content (AvgIpc) is 3.24. The van der Waals surface area contributed by atoms with Crippen molar-refractivity contribution in [3.05, 3.63) is 40.4 Å². The molecule has 1 N–H and O–H groups in total. The van der Waals surface area contributed by atoms with E-state index < -0.39 is 10.0 Å². The van der Waals surface area contributed by atoms with Crippen LogP contribution in [-0.4, -0.2) is 61.4 Å². The third-order valence-electron chi connectivity index (χ3n) is 5.66. The number of ether oxygens (including phenoxy) is 1. The molecule has 2 amide bonds. The third-order valence-corrected chi connectivity index (χ3v) is 8.57. The Morgan fingerprint density at radius 3 is 2.38 bits per heavy atom. The predicted molar refractivity (Wildman–Crippen MR) is 132 cm³/mol. The van der Waals surface area contributed by atoms with Crippen molar-refractivity contribution in [3.63, 3.8) is 0 Å². The second-order valence-electron chi connectivity index (χ2n) is 8.12. The van der Waals surface area contributed by atoms with E-state index in [2.05, 4.69) is 10.3 Å². The van der Waals surface area contributed by atoms with Gasteiger partial charge in [-0.2, -0.15) is 4.31 Å². The lowest BCUT2D eigenvalue weighted by Crippen LogP contribution is -2.35. The van der Waals surface area contributed by atoms with Gasteiger partial charge in [0.15, 0.2) is 5.13 Å². The van der Waals surface area contributed by atoms with Crippen molar-refractivity contribution in [2.75, 3.05) is 32.1 Å². The summed E-state index contributed by atoms with van der Waals surface area (Å²) in [5.74, 6) is -0.367. The monoisotopic (exact) mass is 508 g/mol. The van der Waals surface area contributed by atoms with Crippen LogP contribution >= 0.6 is 11.3 Å². The van der Waals surface area contributed by atoms with Gasteiger partial charge in [0.25, 0.3) is 5.91 Å². The predicted octanol–water partition coefficient (Wildman–Crippen LogP) is 4.11. The molecule has 0 bridgehead atoms. The molecule has 0 saturated carbocycles. The molecule has 9 nitrogen and oxygen atoms in total. The van der Waals surface area contributed by atoms with Crippen molar-refractivity contribution >= 4 is 38.5 Å². The van der Waals surface area contributed by atoms with Gasteiger partial charge in [-0.1, -0.05) is 38.0 Å². The van der Waals surface area contributed by atoms with Crippen molar-refractivity contribution in [1.82, 2.24) is 14.2 Å². The molecule has 3 rings (SSSR count). The van der Waals surface area contributed by atoms with Crippen LogP contribution in [0.5, 0.6) is 0 Å². The summed E-state index contributed by atoms with van der Waals surface area (Å²) in [5, 5.41) is 3.23. The Kier molecular flexibility index (Phi) is 9.03. The van der Waals surface area contributed by atoms with Crippen molar-refractivity contribution in [2.45, 2.75) is 57.4 Å². The van der Waals surface area contributed by atoms with Gasteiger partial charge in [-0.05, 0) is 37.1 Å². The lowest BCUT2D eigenvalue weighted by atomic mass is 10.2. The molecule has 1 aromatic carbocycles. The number of benzene rings is 1. The highest BCUT2D eigenvalue weighted by atomic mass is 32.2. The number of thiazole rings is 1.